The first-order valence-corrected chi connectivity index (χ1v) is 4.99. The van der Waals surface area contributed by atoms with Crippen molar-refractivity contribution in [3.8, 4) is 0 Å². The summed E-state index contributed by atoms with van der Waals surface area (Å²) >= 11 is 0. The zero-order chi connectivity index (χ0) is 14.5. The van der Waals surface area contributed by atoms with Gasteiger partial charge in [-0.2, -0.15) is 0 Å². The summed E-state index contributed by atoms with van der Waals surface area (Å²) in [6.45, 7) is -0.894. The van der Waals surface area contributed by atoms with Gasteiger partial charge in [-0.25, -0.2) is 4.79 Å². The quantitative estimate of drug-likeness (QED) is 0.215. The topological polar surface area (TPSA) is 176 Å². The Morgan fingerprint density at radius 1 is 0.833 bits per heavy atom. The SMILES string of the molecule is O=C(O)C(=O)C[C@H](O)[C@@H](O)[C@@H](O)[C@@H](O)[C@H](O)CO. The molecule has 0 amide bonds. The van der Waals surface area contributed by atoms with Crippen LogP contribution in [0.1, 0.15) is 6.42 Å². The van der Waals surface area contributed by atoms with Crippen molar-refractivity contribution in [1.82, 2.24) is 0 Å². The fraction of sp³-hybridized carbons (Fsp3) is 0.778. The first-order valence-electron chi connectivity index (χ1n) is 4.99. The molecule has 0 unspecified atom stereocenters. The highest BCUT2D eigenvalue weighted by Crippen LogP contribution is 2.11. The molecule has 5 atom stereocenters. The minimum absolute atomic E-state index is 0.894. The van der Waals surface area contributed by atoms with E-state index in [0.29, 0.717) is 0 Å². The largest absolute Gasteiger partial charge is 0.475 e. The third-order valence-electron chi connectivity index (χ3n) is 2.31. The average Bonchev–Trinajstić information content (AvgIpc) is 2.34. The molecule has 0 aliphatic rings. The van der Waals surface area contributed by atoms with E-state index in [2.05, 4.69) is 0 Å². The van der Waals surface area contributed by atoms with Crippen molar-refractivity contribution in [2.75, 3.05) is 6.61 Å². The van der Waals surface area contributed by atoms with E-state index in [1.54, 1.807) is 0 Å². The maximum absolute atomic E-state index is 10.7. The van der Waals surface area contributed by atoms with E-state index in [4.69, 9.17) is 15.3 Å². The lowest BCUT2D eigenvalue weighted by atomic mass is 9.97. The van der Waals surface area contributed by atoms with Gasteiger partial charge in [0.15, 0.2) is 0 Å². The van der Waals surface area contributed by atoms with E-state index in [0.717, 1.165) is 0 Å². The Kier molecular flexibility index (Phi) is 6.91. The van der Waals surface area contributed by atoms with Crippen LogP contribution in [-0.2, 0) is 9.59 Å². The lowest BCUT2D eigenvalue weighted by molar-refractivity contribution is -0.155. The Balaban J connectivity index is 4.49. The summed E-state index contributed by atoms with van der Waals surface area (Å²) in [7, 11) is 0. The highest BCUT2D eigenvalue weighted by Gasteiger charge is 2.35. The summed E-state index contributed by atoms with van der Waals surface area (Å²) in [6, 6.07) is 0. The Morgan fingerprint density at radius 3 is 1.67 bits per heavy atom. The molecule has 9 nitrogen and oxygen atoms in total. The molecule has 0 aromatic carbocycles. The van der Waals surface area contributed by atoms with Gasteiger partial charge in [-0.05, 0) is 0 Å². The van der Waals surface area contributed by atoms with Gasteiger partial charge in [-0.15, -0.1) is 0 Å². The van der Waals surface area contributed by atoms with Crippen molar-refractivity contribution in [2.45, 2.75) is 36.9 Å². The molecule has 106 valence electrons. The predicted molar refractivity (Wildman–Crippen MR) is 54.4 cm³/mol. The van der Waals surface area contributed by atoms with Crippen LogP contribution in [0.3, 0.4) is 0 Å². The number of hydrogen-bond donors (Lipinski definition) is 7. The van der Waals surface area contributed by atoms with E-state index in [1.165, 1.54) is 0 Å². The van der Waals surface area contributed by atoms with E-state index in [1.807, 2.05) is 0 Å². The average molecular weight is 268 g/mol. The number of ketones is 1. The van der Waals surface area contributed by atoms with Gasteiger partial charge in [0.2, 0.25) is 5.78 Å². The van der Waals surface area contributed by atoms with Gasteiger partial charge in [0.1, 0.15) is 24.4 Å². The molecule has 0 aromatic heterocycles. The lowest BCUT2D eigenvalue weighted by Crippen LogP contribution is -2.50. The minimum atomic E-state index is -2.05. The molecule has 0 spiro atoms. The van der Waals surface area contributed by atoms with Gasteiger partial charge >= 0.3 is 5.97 Å². The van der Waals surface area contributed by atoms with Crippen molar-refractivity contribution < 1.29 is 45.3 Å². The molecule has 0 radical (unpaired) electrons. The van der Waals surface area contributed by atoms with Crippen molar-refractivity contribution >= 4 is 11.8 Å². The fourth-order valence-corrected chi connectivity index (χ4v) is 1.16. The summed E-state index contributed by atoms with van der Waals surface area (Å²) in [6.07, 6.45) is -10.7. The first-order chi connectivity index (χ1) is 8.22. The molecule has 0 saturated carbocycles. The molecular weight excluding hydrogens is 252 g/mol. The van der Waals surface area contributed by atoms with Gasteiger partial charge in [0.25, 0.3) is 0 Å². The molecule has 0 heterocycles. The van der Waals surface area contributed by atoms with Crippen LogP contribution in [0.4, 0.5) is 0 Å². The van der Waals surface area contributed by atoms with Crippen LogP contribution in [0.15, 0.2) is 0 Å². The number of aliphatic hydroxyl groups is 6. The van der Waals surface area contributed by atoms with Gasteiger partial charge in [0, 0.05) is 6.42 Å². The van der Waals surface area contributed by atoms with Gasteiger partial charge < -0.3 is 35.7 Å². The van der Waals surface area contributed by atoms with Crippen LogP contribution in [-0.4, -0.2) is 84.6 Å². The van der Waals surface area contributed by atoms with Crippen LogP contribution >= 0.6 is 0 Å². The number of aliphatic hydroxyl groups excluding tert-OH is 6. The third kappa shape index (κ3) is 4.64. The second kappa shape index (κ2) is 7.36. The Morgan fingerprint density at radius 2 is 1.28 bits per heavy atom. The van der Waals surface area contributed by atoms with Crippen molar-refractivity contribution in [1.29, 1.82) is 0 Å². The van der Waals surface area contributed by atoms with Gasteiger partial charge in [-0.1, -0.05) is 0 Å². The number of carboxylic acids is 1. The summed E-state index contributed by atoms with van der Waals surface area (Å²) in [5.74, 6) is -3.20. The van der Waals surface area contributed by atoms with Crippen molar-refractivity contribution in [3.05, 3.63) is 0 Å². The second-order valence-corrected chi connectivity index (χ2v) is 3.72. The molecule has 0 aromatic rings. The Labute approximate surface area is 102 Å². The molecule has 0 aliphatic heterocycles. The van der Waals surface area contributed by atoms with E-state index < -0.39 is 55.3 Å². The molecule has 0 rings (SSSR count). The third-order valence-corrected chi connectivity index (χ3v) is 2.31. The summed E-state index contributed by atoms with van der Waals surface area (Å²) in [5.41, 5.74) is 0. The number of carbonyl (C=O) groups excluding carboxylic acids is 1. The zero-order valence-electron chi connectivity index (χ0n) is 9.25. The molecule has 0 bridgehead atoms. The normalized spacial score (nSPS) is 19.7. The maximum atomic E-state index is 10.7. The predicted octanol–water partition coefficient (Wildman–Crippen LogP) is -4.17. The number of aliphatic carboxylic acids is 1. The first kappa shape index (κ1) is 16.9. The van der Waals surface area contributed by atoms with E-state index in [9.17, 15) is 30.0 Å². The van der Waals surface area contributed by atoms with Crippen molar-refractivity contribution in [3.63, 3.8) is 0 Å². The van der Waals surface area contributed by atoms with E-state index in [-0.39, 0.29) is 0 Å². The molecule has 0 aliphatic carbocycles. The standard InChI is InChI=1S/C9H16O9/c10-2-5(13)7(15)8(16)6(14)3(11)1-4(12)9(17)18/h3,5-8,10-11,13-16H,1-2H2,(H,17,18)/t3-,5+,6+,7-,8+/m0/s1. The smallest absolute Gasteiger partial charge is 0.372 e. The minimum Gasteiger partial charge on any atom is -0.475 e. The lowest BCUT2D eigenvalue weighted by Gasteiger charge is -2.28. The fourth-order valence-electron chi connectivity index (χ4n) is 1.16. The Hall–Kier alpha value is -1.10. The monoisotopic (exact) mass is 268 g/mol. The molecular formula is C9H16O9. The summed E-state index contributed by atoms with van der Waals surface area (Å²) in [5, 5.41) is 62.9. The highest BCUT2D eigenvalue weighted by atomic mass is 16.4. The van der Waals surface area contributed by atoms with Crippen LogP contribution in [0, 0.1) is 0 Å². The summed E-state index contributed by atoms with van der Waals surface area (Å²) < 4.78 is 0. The number of Topliss-reactive ketones (excluding diaryl/α,β-unsaturated/α-hetero) is 1. The summed E-state index contributed by atoms with van der Waals surface area (Å²) in [4.78, 5) is 20.9. The van der Waals surface area contributed by atoms with Crippen LogP contribution in [0.5, 0.6) is 0 Å². The van der Waals surface area contributed by atoms with E-state index >= 15 is 0 Å². The van der Waals surface area contributed by atoms with Crippen molar-refractivity contribution in [2.24, 2.45) is 0 Å². The molecule has 7 N–H and O–H groups in total. The number of carbonyl (C=O) groups is 2. The van der Waals surface area contributed by atoms with Crippen LogP contribution < -0.4 is 0 Å². The zero-order valence-corrected chi connectivity index (χ0v) is 9.25. The number of rotatable bonds is 8. The number of carboxylic acid groups (broad SMARTS) is 1. The highest BCUT2D eigenvalue weighted by molar-refractivity contribution is 6.32. The maximum Gasteiger partial charge on any atom is 0.372 e. The molecule has 18 heavy (non-hydrogen) atoms. The van der Waals surface area contributed by atoms with Gasteiger partial charge in [0.05, 0.1) is 12.7 Å². The molecule has 0 saturated heterocycles. The van der Waals surface area contributed by atoms with Crippen LogP contribution in [0.2, 0.25) is 0 Å². The molecule has 0 fully saturated rings. The Bertz CT molecular complexity index is 292. The molecule has 9 heteroatoms. The van der Waals surface area contributed by atoms with Crippen LogP contribution in [0.25, 0.3) is 0 Å². The number of hydrogen-bond acceptors (Lipinski definition) is 8. The second-order valence-electron chi connectivity index (χ2n) is 3.72. The van der Waals surface area contributed by atoms with Gasteiger partial charge in [-0.3, -0.25) is 4.79 Å².